The second-order valence-electron chi connectivity index (χ2n) is 1.79. The van der Waals surface area contributed by atoms with Crippen LogP contribution in [0.3, 0.4) is 0 Å². The van der Waals surface area contributed by atoms with Crippen LogP contribution in [0.4, 0.5) is 0 Å². The summed E-state index contributed by atoms with van der Waals surface area (Å²) in [7, 11) is -5.14. The Bertz CT molecular complexity index is 109. The van der Waals surface area contributed by atoms with Crippen molar-refractivity contribution in [3.8, 4) is 0 Å². The van der Waals surface area contributed by atoms with Crippen LogP contribution < -0.4 is 68.9 Å². The molecule has 0 unspecified atom stereocenters. The van der Waals surface area contributed by atoms with Gasteiger partial charge in [-0.05, 0) is 12.8 Å². The predicted molar refractivity (Wildman–Crippen MR) is 37.1 cm³/mol. The first-order chi connectivity index (χ1) is 4.50. The predicted octanol–water partition coefficient (Wildman–Crippen LogP) is -9.04. The molecule has 0 atom stereocenters. The van der Waals surface area contributed by atoms with Gasteiger partial charge in [0.1, 0.15) is 0 Å². The maximum atomic E-state index is 8.66. The average Bonchev–Trinajstić information content (AvgIpc) is 2.07. The van der Waals surface area contributed by atoms with Gasteiger partial charge >= 0.3 is 59.1 Å². The van der Waals surface area contributed by atoms with E-state index in [0.717, 1.165) is 13.2 Å². The number of hydrogen-bond acceptors (Lipinski definition) is 4. The minimum atomic E-state index is -5.14. The van der Waals surface area contributed by atoms with Gasteiger partial charge < -0.3 is 34.9 Å². The fourth-order valence-electron chi connectivity index (χ4n) is 0.510. The van der Waals surface area contributed by atoms with Crippen molar-refractivity contribution in [2.24, 2.45) is 0 Å². The van der Waals surface area contributed by atoms with Crippen molar-refractivity contribution in [1.29, 1.82) is 0 Å². The maximum absolute atomic E-state index is 8.66. The topological polar surface area (TPSA) is 156 Å². The van der Waals surface area contributed by atoms with Crippen molar-refractivity contribution in [1.82, 2.24) is 0 Å². The third kappa shape index (κ3) is 48.3. The van der Waals surface area contributed by atoms with E-state index in [4.69, 9.17) is 24.0 Å². The van der Waals surface area contributed by atoms with Gasteiger partial charge in [0.25, 0.3) is 0 Å². The van der Waals surface area contributed by atoms with Crippen molar-refractivity contribution in [2.75, 3.05) is 13.2 Å². The van der Waals surface area contributed by atoms with Crippen LogP contribution in [0.1, 0.15) is 12.8 Å². The Hall–Kier alpha value is 1.99. The monoisotopic (exact) mass is 250 g/mol. The van der Waals surface area contributed by atoms with Gasteiger partial charge in [0, 0.05) is 13.2 Å². The first-order valence-electron chi connectivity index (χ1n) is 2.83. The Labute approximate surface area is 127 Å². The molecule has 1 saturated heterocycles. The number of hydrogen-bond donors (Lipinski definition) is 1. The zero-order valence-electron chi connectivity index (χ0n) is 8.36. The molecule has 1 fully saturated rings. The Morgan fingerprint density at radius 2 is 1.29 bits per heavy atom. The number of rotatable bonds is 0. The van der Waals surface area contributed by atoms with Crippen molar-refractivity contribution in [3.05, 3.63) is 0 Å². The SMILES string of the molecule is C1CCOC1.O.O.O=P([O-])([O-])O.[Na+].[Na+]. The Kier molecular flexibility index (Phi) is 36.9. The zero-order valence-corrected chi connectivity index (χ0v) is 13.3. The molecule has 1 rings (SSSR count). The van der Waals surface area contributed by atoms with Crippen LogP contribution in [0, 0.1) is 0 Å². The first kappa shape index (κ1) is 29.7. The van der Waals surface area contributed by atoms with E-state index >= 15 is 0 Å². The summed E-state index contributed by atoms with van der Waals surface area (Å²) >= 11 is 0. The summed E-state index contributed by atoms with van der Waals surface area (Å²) in [5, 5.41) is 0. The van der Waals surface area contributed by atoms with Crippen LogP contribution in [-0.2, 0) is 9.30 Å². The quantitative estimate of drug-likeness (QED) is 0.333. The molecule has 1 aliphatic rings. The maximum Gasteiger partial charge on any atom is 1.00 e. The molecule has 0 saturated carbocycles. The molecule has 7 nitrogen and oxygen atoms in total. The van der Waals surface area contributed by atoms with E-state index in [2.05, 4.69) is 0 Å². The van der Waals surface area contributed by atoms with Crippen LogP contribution in [0.5, 0.6) is 0 Å². The smallest absolute Gasteiger partial charge is 0.790 e. The van der Waals surface area contributed by atoms with E-state index in [1.807, 2.05) is 0 Å². The standard InChI is InChI=1S/C4H8O.2Na.H3O4P.2H2O/c1-2-4-5-3-1;;;1-5(2,3)4;;/h1-4H2;;;(H3,1,2,3,4);2*1H2/q;2*+1;;;/p-2. The summed E-state index contributed by atoms with van der Waals surface area (Å²) in [4.78, 5) is 24.3. The van der Waals surface area contributed by atoms with E-state index in [1.54, 1.807) is 0 Å². The summed E-state index contributed by atoms with van der Waals surface area (Å²) in [6, 6.07) is 0. The molecule has 10 heteroatoms. The van der Waals surface area contributed by atoms with Gasteiger partial charge in [-0.15, -0.1) is 0 Å². The van der Waals surface area contributed by atoms with E-state index in [9.17, 15) is 0 Å². The fourth-order valence-corrected chi connectivity index (χ4v) is 0.510. The third-order valence-corrected chi connectivity index (χ3v) is 0.827. The molecule has 0 radical (unpaired) electrons. The Morgan fingerprint density at radius 1 is 1.07 bits per heavy atom. The summed E-state index contributed by atoms with van der Waals surface area (Å²) < 4.78 is 13.6. The van der Waals surface area contributed by atoms with Crippen LogP contribution >= 0.6 is 7.82 Å². The normalized spacial score (nSPS) is 12.8. The molecule has 0 amide bonds. The van der Waals surface area contributed by atoms with Crippen molar-refractivity contribution in [2.45, 2.75) is 12.8 Å². The Morgan fingerprint density at radius 3 is 1.36 bits per heavy atom. The fraction of sp³-hybridized carbons (Fsp3) is 1.00. The van der Waals surface area contributed by atoms with Crippen LogP contribution in [0.25, 0.3) is 0 Å². The molecule has 0 aromatic heterocycles. The molecular formula is C4H13Na2O7P. The van der Waals surface area contributed by atoms with E-state index < -0.39 is 7.82 Å². The van der Waals surface area contributed by atoms with Crippen molar-refractivity contribution in [3.63, 3.8) is 0 Å². The number of phosphoric acid groups is 1. The molecule has 0 aromatic carbocycles. The van der Waals surface area contributed by atoms with Gasteiger partial charge in [-0.1, -0.05) is 0 Å². The third-order valence-electron chi connectivity index (χ3n) is 0.827. The minimum Gasteiger partial charge on any atom is -0.790 e. The van der Waals surface area contributed by atoms with Gasteiger partial charge in [0.15, 0.2) is 0 Å². The molecule has 0 spiro atoms. The van der Waals surface area contributed by atoms with Crippen molar-refractivity contribution >= 4 is 7.82 Å². The minimum absolute atomic E-state index is 0. The van der Waals surface area contributed by atoms with Crippen LogP contribution in [-0.4, -0.2) is 29.1 Å². The average molecular weight is 250 g/mol. The van der Waals surface area contributed by atoms with Gasteiger partial charge in [0.05, 0.1) is 7.82 Å². The van der Waals surface area contributed by atoms with Gasteiger partial charge in [-0.2, -0.15) is 0 Å². The zero-order chi connectivity index (χ0) is 8.04. The molecule has 0 aliphatic carbocycles. The largest absolute Gasteiger partial charge is 1.00 e. The molecule has 0 bridgehead atoms. The van der Waals surface area contributed by atoms with Gasteiger partial charge in [-0.25, -0.2) is 0 Å². The van der Waals surface area contributed by atoms with E-state index in [-0.39, 0.29) is 70.1 Å². The number of ether oxygens (including phenoxy) is 1. The molecular weight excluding hydrogens is 237 g/mol. The molecule has 1 aliphatic heterocycles. The first-order valence-corrected chi connectivity index (χ1v) is 4.32. The summed E-state index contributed by atoms with van der Waals surface area (Å²) in [5.41, 5.74) is 0. The molecule has 14 heavy (non-hydrogen) atoms. The second kappa shape index (κ2) is 17.4. The molecule has 5 N–H and O–H groups in total. The van der Waals surface area contributed by atoms with Gasteiger partial charge in [-0.3, -0.25) is 0 Å². The second-order valence-corrected chi connectivity index (χ2v) is 2.73. The van der Waals surface area contributed by atoms with Crippen molar-refractivity contribution < 1.29 is 94.0 Å². The van der Waals surface area contributed by atoms with Crippen LogP contribution in [0.2, 0.25) is 0 Å². The van der Waals surface area contributed by atoms with Crippen LogP contribution in [0.15, 0.2) is 0 Å². The van der Waals surface area contributed by atoms with E-state index in [1.165, 1.54) is 12.8 Å². The molecule has 1 heterocycles. The molecule has 0 aromatic rings. The molecule has 78 valence electrons. The summed E-state index contributed by atoms with van der Waals surface area (Å²) in [5.74, 6) is 0. The summed E-state index contributed by atoms with van der Waals surface area (Å²) in [6.07, 6.45) is 2.56. The summed E-state index contributed by atoms with van der Waals surface area (Å²) in [6.45, 7) is 2.00. The van der Waals surface area contributed by atoms with E-state index in [0.29, 0.717) is 0 Å². The Balaban J connectivity index is -0.0000000300. The van der Waals surface area contributed by atoms with Gasteiger partial charge in [0.2, 0.25) is 0 Å².